The van der Waals surface area contributed by atoms with Crippen LogP contribution in [0.1, 0.15) is 40.5 Å². The Hall–Kier alpha value is -0.120. The molecule has 0 aromatic heterocycles. The van der Waals surface area contributed by atoms with Crippen LogP contribution < -0.4 is 5.32 Å². The van der Waals surface area contributed by atoms with Crippen LogP contribution in [0.5, 0.6) is 0 Å². The van der Waals surface area contributed by atoms with Crippen LogP contribution in [0.25, 0.3) is 0 Å². The lowest BCUT2D eigenvalue weighted by Crippen LogP contribution is -2.43. The van der Waals surface area contributed by atoms with E-state index in [4.69, 9.17) is 5.11 Å². The fourth-order valence-electron chi connectivity index (χ4n) is 1.89. The molecule has 0 aliphatic rings. The highest BCUT2D eigenvalue weighted by Crippen LogP contribution is 2.21. The van der Waals surface area contributed by atoms with E-state index >= 15 is 0 Å². The number of hydrogen-bond donors (Lipinski definition) is 2. The summed E-state index contributed by atoms with van der Waals surface area (Å²) in [6.45, 7) is 14.2. The average Bonchev–Trinajstić information content (AvgIpc) is 2.29. The zero-order valence-corrected chi connectivity index (χ0v) is 11.6. The highest BCUT2D eigenvalue weighted by Gasteiger charge is 2.24. The van der Waals surface area contributed by atoms with Gasteiger partial charge in [-0.15, -0.1) is 0 Å². The first-order valence-corrected chi connectivity index (χ1v) is 6.65. The summed E-state index contributed by atoms with van der Waals surface area (Å²) in [7, 11) is 0. The van der Waals surface area contributed by atoms with Crippen molar-refractivity contribution in [2.75, 3.05) is 39.3 Å². The van der Waals surface area contributed by atoms with Gasteiger partial charge in [-0.3, -0.25) is 0 Å². The second kappa shape index (κ2) is 8.97. The van der Waals surface area contributed by atoms with Crippen molar-refractivity contribution in [3.05, 3.63) is 0 Å². The Morgan fingerprint density at radius 2 is 1.94 bits per heavy atom. The topological polar surface area (TPSA) is 35.5 Å². The minimum absolute atomic E-state index is 0.260. The second-order valence-corrected chi connectivity index (χ2v) is 4.93. The van der Waals surface area contributed by atoms with Gasteiger partial charge in [-0.05, 0) is 31.3 Å². The highest BCUT2D eigenvalue weighted by atomic mass is 16.3. The molecule has 1 unspecified atom stereocenters. The summed E-state index contributed by atoms with van der Waals surface area (Å²) in [5.74, 6) is 0. The molecule has 0 spiro atoms. The number of nitrogens with one attached hydrogen (secondary N) is 1. The van der Waals surface area contributed by atoms with Crippen molar-refractivity contribution >= 4 is 0 Å². The molecule has 3 heteroatoms. The SMILES string of the molecule is CCCNCC(C)(CC)CN(CC)CCO. The molecule has 0 aromatic rings. The van der Waals surface area contributed by atoms with Crippen molar-refractivity contribution in [2.24, 2.45) is 5.41 Å². The molecule has 0 heterocycles. The van der Waals surface area contributed by atoms with E-state index in [0.29, 0.717) is 5.41 Å². The third-order valence-electron chi connectivity index (χ3n) is 3.30. The largest absolute Gasteiger partial charge is 0.395 e. The maximum atomic E-state index is 8.99. The molecule has 0 rings (SSSR count). The van der Waals surface area contributed by atoms with Crippen molar-refractivity contribution in [1.82, 2.24) is 10.2 Å². The van der Waals surface area contributed by atoms with Crippen LogP contribution in [0, 0.1) is 5.41 Å². The van der Waals surface area contributed by atoms with Crippen molar-refractivity contribution in [1.29, 1.82) is 0 Å². The predicted octanol–water partition coefficient (Wildman–Crippen LogP) is 1.72. The smallest absolute Gasteiger partial charge is 0.0558 e. The van der Waals surface area contributed by atoms with E-state index in [1.54, 1.807) is 0 Å². The number of nitrogens with zero attached hydrogens (tertiary/aromatic N) is 1. The van der Waals surface area contributed by atoms with Gasteiger partial charge in [-0.1, -0.05) is 27.7 Å². The third-order valence-corrected chi connectivity index (χ3v) is 3.30. The zero-order valence-electron chi connectivity index (χ0n) is 11.6. The van der Waals surface area contributed by atoms with E-state index in [9.17, 15) is 0 Å². The first-order valence-electron chi connectivity index (χ1n) is 6.65. The molecule has 0 aromatic carbocycles. The molecule has 0 bridgehead atoms. The van der Waals surface area contributed by atoms with Gasteiger partial charge in [0.05, 0.1) is 6.61 Å². The Kier molecular flexibility index (Phi) is 8.90. The van der Waals surface area contributed by atoms with Gasteiger partial charge in [0, 0.05) is 19.6 Å². The molecule has 0 amide bonds. The fourth-order valence-corrected chi connectivity index (χ4v) is 1.89. The fraction of sp³-hybridized carbons (Fsp3) is 1.00. The molecule has 1 atom stereocenters. The van der Waals surface area contributed by atoms with Crippen molar-refractivity contribution in [2.45, 2.75) is 40.5 Å². The third kappa shape index (κ3) is 6.46. The maximum Gasteiger partial charge on any atom is 0.0558 e. The summed E-state index contributed by atoms with van der Waals surface area (Å²) in [5, 5.41) is 12.5. The summed E-state index contributed by atoms with van der Waals surface area (Å²) in [5.41, 5.74) is 0.320. The Labute approximate surface area is 101 Å². The molecule has 0 aliphatic heterocycles. The number of hydrogen-bond acceptors (Lipinski definition) is 3. The summed E-state index contributed by atoms with van der Waals surface area (Å²) in [4.78, 5) is 2.33. The van der Waals surface area contributed by atoms with E-state index < -0.39 is 0 Å². The van der Waals surface area contributed by atoms with Crippen molar-refractivity contribution in [3.8, 4) is 0 Å². The van der Waals surface area contributed by atoms with Crippen LogP contribution in [0.15, 0.2) is 0 Å². The molecule has 0 saturated heterocycles. The lowest BCUT2D eigenvalue weighted by Gasteiger charge is -2.34. The van der Waals surface area contributed by atoms with Crippen LogP contribution in [-0.2, 0) is 0 Å². The predicted molar refractivity (Wildman–Crippen MR) is 70.8 cm³/mol. The minimum Gasteiger partial charge on any atom is -0.395 e. The Balaban J connectivity index is 4.10. The van der Waals surface area contributed by atoms with Gasteiger partial charge < -0.3 is 15.3 Å². The van der Waals surface area contributed by atoms with Gasteiger partial charge in [0.1, 0.15) is 0 Å². The molecule has 16 heavy (non-hydrogen) atoms. The number of rotatable bonds is 10. The summed E-state index contributed by atoms with van der Waals surface area (Å²) in [6, 6.07) is 0. The minimum atomic E-state index is 0.260. The van der Waals surface area contributed by atoms with Gasteiger partial charge in [0.25, 0.3) is 0 Å². The van der Waals surface area contributed by atoms with Crippen LogP contribution in [0.4, 0.5) is 0 Å². The summed E-state index contributed by atoms with van der Waals surface area (Å²) < 4.78 is 0. The maximum absolute atomic E-state index is 8.99. The molecule has 3 nitrogen and oxygen atoms in total. The monoisotopic (exact) mass is 230 g/mol. The van der Waals surface area contributed by atoms with E-state index in [-0.39, 0.29) is 6.61 Å². The Bertz CT molecular complexity index is 164. The van der Waals surface area contributed by atoms with Gasteiger partial charge in [0.2, 0.25) is 0 Å². The van der Waals surface area contributed by atoms with Crippen LogP contribution in [0.3, 0.4) is 0 Å². The summed E-state index contributed by atoms with van der Waals surface area (Å²) >= 11 is 0. The van der Waals surface area contributed by atoms with E-state index in [2.05, 4.69) is 37.9 Å². The number of aliphatic hydroxyl groups excluding tert-OH is 1. The normalized spacial score (nSPS) is 15.4. The van der Waals surface area contributed by atoms with Gasteiger partial charge in [0.15, 0.2) is 0 Å². The molecule has 0 aliphatic carbocycles. The number of likely N-dealkylation sites (N-methyl/N-ethyl adjacent to an activating group) is 1. The van der Waals surface area contributed by atoms with Crippen LogP contribution in [0.2, 0.25) is 0 Å². The van der Waals surface area contributed by atoms with Crippen LogP contribution >= 0.6 is 0 Å². The molecule has 98 valence electrons. The Morgan fingerprint density at radius 3 is 2.38 bits per heavy atom. The lowest BCUT2D eigenvalue weighted by molar-refractivity contribution is 0.134. The van der Waals surface area contributed by atoms with Gasteiger partial charge in [-0.25, -0.2) is 0 Å². The molecular formula is C13H30N2O. The van der Waals surface area contributed by atoms with E-state index in [1.807, 2.05) is 0 Å². The highest BCUT2D eigenvalue weighted by molar-refractivity contribution is 4.79. The quantitative estimate of drug-likeness (QED) is 0.561. The lowest BCUT2D eigenvalue weighted by atomic mass is 9.86. The standard InChI is InChI=1S/C13H30N2O/c1-5-8-14-11-13(4,6-2)12-15(7-3)9-10-16/h14,16H,5-12H2,1-4H3. The molecule has 0 radical (unpaired) electrons. The van der Waals surface area contributed by atoms with Crippen molar-refractivity contribution in [3.63, 3.8) is 0 Å². The second-order valence-electron chi connectivity index (χ2n) is 4.93. The first-order chi connectivity index (χ1) is 7.61. The average molecular weight is 230 g/mol. The molecule has 2 N–H and O–H groups in total. The zero-order chi connectivity index (χ0) is 12.4. The van der Waals surface area contributed by atoms with Crippen LogP contribution in [-0.4, -0.2) is 49.3 Å². The number of aliphatic hydroxyl groups is 1. The van der Waals surface area contributed by atoms with Crippen molar-refractivity contribution < 1.29 is 5.11 Å². The van der Waals surface area contributed by atoms with Gasteiger partial charge in [-0.2, -0.15) is 0 Å². The Morgan fingerprint density at radius 1 is 1.25 bits per heavy atom. The van der Waals surface area contributed by atoms with E-state index in [0.717, 1.165) is 32.7 Å². The van der Waals surface area contributed by atoms with Gasteiger partial charge >= 0.3 is 0 Å². The molecular weight excluding hydrogens is 200 g/mol. The summed E-state index contributed by atoms with van der Waals surface area (Å²) in [6.07, 6.45) is 2.36. The first kappa shape index (κ1) is 15.9. The van der Waals surface area contributed by atoms with E-state index in [1.165, 1.54) is 12.8 Å². The molecule has 0 fully saturated rings. The molecule has 0 saturated carbocycles.